The van der Waals surface area contributed by atoms with Gasteiger partial charge in [0.2, 0.25) is 5.91 Å². The van der Waals surface area contributed by atoms with E-state index in [9.17, 15) is 9.59 Å². The molecule has 1 atom stereocenters. The summed E-state index contributed by atoms with van der Waals surface area (Å²) < 4.78 is 5.34. The minimum atomic E-state index is -0.117. The first-order valence-electron chi connectivity index (χ1n) is 6.83. The largest absolute Gasteiger partial charge is 0.496 e. The molecule has 1 unspecified atom stereocenters. The summed E-state index contributed by atoms with van der Waals surface area (Å²) >= 11 is 0. The van der Waals surface area contributed by atoms with Crippen LogP contribution in [0.2, 0.25) is 0 Å². The maximum atomic E-state index is 11.9. The van der Waals surface area contributed by atoms with Gasteiger partial charge in [-0.25, -0.2) is 0 Å². The van der Waals surface area contributed by atoms with Gasteiger partial charge in [-0.1, -0.05) is 6.92 Å². The number of rotatable bonds is 5. The highest BCUT2D eigenvalue weighted by Gasteiger charge is 2.28. The molecule has 0 spiro atoms. The van der Waals surface area contributed by atoms with Crippen LogP contribution in [-0.4, -0.2) is 43.3 Å². The van der Waals surface area contributed by atoms with Gasteiger partial charge in [0.1, 0.15) is 12.0 Å². The van der Waals surface area contributed by atoms with Crippen LogP contribution in [0.15, 0.2) is 18.2 Å². The molecule has 0 aromatic heterocycles. The van der Waals surface area contributed by atoms with Gasteiger partial charge in [0.05, 0.1) is 13.2 Å². The van der Waals surface area contributed by atoms with Gasteiger partial charge in [0.25, 0.3) is 0 Å². The second-order valence-electron chi connectivity index (χ2n) is 4.87. The number of nitrogens with one attached hydrogen (secondary N) is 1. The van der Waals surface area contributed by atoms with E-state index < -0.39 is 0 Å². The van der Waals surface area contributed by atoms with Gasteiger partial charge < -0.3 is 10.1 Å². The van der Waals surface area contributed by atoms with Crippen LogP contribution in [0, 0.1) is 0 Å². The van der Waals surface area contributed by atoms with Crippen LogP contribution in [-0.2, 0) is 11.3 Å². The molecular weight excluding hydrogens is 256 g/mol. The SMILES string of the molecule is CCC1C(=O)NCCN1Cc1cc(C=O)ccc1OC. The fourth-order valence-electron chi connectivity index (χ4n) is 2.61. The molecular formula is C15H20N2O3. The zero-order valence-corrected chi connectivity index (χ0v) is 11.9. The van der Waals surface area contributed by atoms with E-state index in [0.29, 0.717) is 18.7 Å². The molecule has 1 aliphatic heterocycles. The number of aldehydes is 1. The fourth-order valence-corrected chi connectivity index (χ4v) is 2.61. The van der Waals surface area contributed by atoms with Crippen molar-refractivity contribution in [2.45, 2.75) is 25.9 Å². The Kier molecular flexibility index (Phi) is 4.74. The van der Waals surface area contributed by atoms with Crippen molar-refractivity contribution in [3.05, 3.63) is 29.3 Å². The van der Waals surface area contributed by atoms with Crippen molar-refractivity contribution in [3.63, 3.8) is 0 Å². The number of hydrogen-bond acceptors (Lipinski definition) is 4. The zero-order chi connectivity index (χ0) is 14.5. The molecule has 1 N–H and O–H groups in total. The van der Waals surface area contributed by atoms with Gasteiger partial charge in [-0.3, -0.25) is 14.5 Å². The minimum absolute atomic E-state index is 0.0734. The molecule has 20 heavy (non-hydrogen) atoms. The lowest BCUT2D eigenvalue weighted by molar-refractivity contribution is -0.129. The quantitative estimate of drug-likeness (QED) is 0.822. The first-order chi connectivity index (χ1) is 9.69. The summed E-state index contributed by atoms with van der Waals surface area (Å²) in [5, 5.41) is 2.88. The second-order valence-corrected chi connectivity index (χ2v) is 4.87. The van der Waals surface area contributed by atoms with Gasteiger partial charge in [0.15, 0.2) is 0 Å². The van der Waals surface area contributed by atoms with Crippen LogP contribution in [0.3, 0.4) is 0 Å². The number of nitrogens with zero attached hydrogens (tertiary/aromatic N) is 1. The Morgan fingerprint density at radius 3 is 2.95 bits per heavy atom. The maximum absolute atomic E-state index is 11.9. The molecule has 1 aliphatic rings. The Bertz CT molecular complexity index is 502. The molecule has 1 aromatic rings. The Hall–Kier alpha value is -1.88. The normalized spacial score (nSPS) is 19.5. The molecule has 5 nitrogen and oxygen atoms in total. The average Bonchev–Trinajstić information content (AvgIpc) is 2.47. The first kappa shape index (κ1) is 14.5. The van der Waals surface area contributed by atoms with Crippen LogP contribution in [0.25, 0.3) is 0 Å². The molecule has 108 valence electrons. The highest BCUT2D eigenvalue weighted by Crippen LogP contribution is 2.23. The van der Waals surface area contributed by atoms with E-state index in [1.807, 2.05) is 13.0 Å². The van der Waals surface area contributed by atoms with E-state index in [4.69, 9.17) is 4.74 Å². The smallest absolute Gasteiger partial charge is 0.237 e. The first-order valence-corrected chi connectivity index (χ1v) is 6.83. The molecule has 0 saturated carbocycles. The van der Waals surface area contributed by atoms with Crippen molar-refractivity contribution in [2.24, 2.45) is 0 Å². The highest BCUT2D eigenvalue weighted by molar-refractivity contribution is 5.82. The van der Waals surface area contributed by atoms with Crippen LogP contribution in [0.5, 0.6) is 5.75 Å². The number of piperazine rings is 1. The topological polar surface area (TPSA) is 58.6 Å². The predicted octanol–water partition coefficient (Wildman–Crippen LogP) is 1.22. The van der Waals surface area contributed by atoms with Gasteiger partial charge in [0, 0.05) is 30.8 Å². The minimum Gasteiger partial charge on any atom is -0.496 e. The fraction of sp³-hybridized carbons (Fsp3) is 0.467. The Morgan fingerprint density at radius 2 is 2.30 bits per heavy atom. The Labute approximate surface area is 118 Å². The summed E-state index contributed by atoms with van der Waals surface area (Å²) in [5.74, 6) is 0.820. The summed E-state index contributed by atoms with van der Waals surface area (Å²) in [6.07, 6.45) is 1.59. The molecule has 1 amide bonds. The van der Waals surface area contributed by atoms with Gasteiger partial charge in [-0.2, -0.15) is 0 Å². The van der Waals surface area contributed by atoms with E-state index in [0.717, 1.165) is 30.6 Å². The third kappa shape index (κ3) is 2.99. The van der Waals surface area contributed by atoms with E-state index in [-0.39, 0.29) is 11.9 Å². The number of ether oxygens (including phenoxy) is 1. The number of carbonyl (C=O) groups is 2. The molecule has 1 heterocycles. The second kappa shape index (κ2) is 6.52. The van der Waals surface area contributed by atoms with Gasteiger partial charge in [-0.15, -0.1) is 0 Å². The molecule has 0 bridgehead atoms. The summed E-state index contributed by atoms with van der Waals surface area (Å²) in [5.41, 5.74) is 1.56. The molecule has 1 saturated heterocycles. The highest BCUT2D eigenvalue weighted by atomic mass is 16.5. The number of amides is 1. The standard InChI is InChI=1S/C15H20N2O3/c1-3-13-15(19)16-6-7-17(13)9-12-8-11(10-18)4-5-14(12)20-2/h4-5,8,10,13H,3,6-7,9H2,1-2H3,(H,16,19). The van der Waals surface area contributed by atoms with Crippen molar-refractivity contribution in [1.29, 1.82) is 0 Å². The number of hydrogen-bond donors (Lipinski definition) is 1. The zero-order valence-electron chi connectivity index (χ0n) is 11.9. The third-order valence-corrected chi connectivity index (χ3v) is 3.64. The average molecular weight is 276 g/mol. The van der Waals surface area contributed by atoms with Crippen molar-refractivity contribution in [3.8, 4) is 5.75 Å². The van der Waals surface area contributed by atoms with Gasteiger partial charge >= 0.3 is 0 Å². The van der Waals surface area contributed by atoms with Crippen LogP contribution in [0.1, 0.15) is 29.3 Å². The Balaban J connectivity index is 2.23. The monoisotopic (exact) mass is 276 g/mol. The van der Waals surface area contributed by atoms with Crippen LogP contribution < -0.4 is 10.1 Å². The summed E-state index contributed by atoms with van der Waals surface area (Å²) in [4.78, 5) is 24.9. The maximum Gasteiger partial charge on any atom is 0.237 e. The number of carbonyl (C=O) groups excluding carboxylic acids is 2. The van der Waals surface area contributed by atoms with Crippen molar-refractivity contribution in [1.82, 2.24) is 10.2 Å². The van der Waals surface area contributed by atoms with E-state index in [1.165, 1.54) is 0 Å². The number of methoxy groups -OCH3 is 1. The van der Waals surface area contributed by atoms with Crippen LogP contribution in [0.4, 0.5) is 0 Å². The third-order valence-electron chi connectivity index (χ3n) is 3.64. The Morgan fingerprint density at radius 1 is 1.50 bits per heavy atom. The lowest BCUT2D eigenvalue weighted by Gasteiger charge is -2.34. The molecule has 5 heteroatoms. The lowest BCUT2D eigenvalue weighted by Crippen LogP contribution is -2.54. The molecule has 2 rings (SSSR count). The molecule has 1 aromatic carbocycles. The van der Waals surface area contributed by atoms with E-state index >= 15 is 0 Å². The van der Waals surface area contributed by atoms with Crippen LogP contribution >= 0.6 is 0 Å². The van der Waals surface area contributed by atoms with E-state index in [2.05, 4.69) is 10.2 Å². The predicted molar refractivity (Wildman–Crippen MR) is 75.9 cm³/mol. The van der Waals surface area contributed by atoms with Crippen molar-refractivity contribution >= 4 is 12.2 Å². The van der Waals surface area contributed by atoms with Crippen molar-refractivity contribution in [2.75, 3.05) is 20.2 Å². The van der Waals surface area contributed by atoms with Crippen molar-refractivity contribution < 1.29 is 14.3 Å². The molecule has 1 fully saturated rings. The van der Waals surface area contributed by atoms with Gasteiger partial charge in [-0.05, 0) is 24.6 Å². The lowest BCUT2D eigenvalue weighted by atomic mass is 10.1. The molecule has 0 aliphatic carbocycles. The summed E-state index contributed by atoms with van der Waals surface area (Å²) in [6.45, 7) is 4.07. The molecule has 0 radical (unpaired) electrons. The number of benzene rings is 1. The summed E-state index contributed by atoms with van der Waals surface area (Å²) in [6, 6.07) is 5.23. The summed E-state index contributed by atoms with van der Waals surface area (Å²) in [7, 11) is 1.61. The van der Waals surface area contributed by atoms with E-state index in [1.54, 1.807) is 19.2 Å².